The van der Waals surface area contributed by atoms with E-state index in [4.69, 9.17) is 5.11 Å². The minimum atomic E-state index is -0.794. The van der Waals surface area contributed by atoms with Crippen LogP contribution in [0.3, 0.4) is 0 Å². The largest absolute Gasteiger partial charge is 0.478 e. The van der Waals surface area contributed by atoms with E-state index >= 15 is 0 Å². The molecule has 0 aromatic heterocycles. The van der Waals surface area contributed by atoms with Crippen molar-refractivity contribution in [3.63, 3.8) is 0 Å². The van der Waals surface area contributed by atoms with E-state index in [1.165, 1.54) is 25.7 Å². The third-order valence-electron chi connectivity index (χ3n) is 2.81. The molecule has 1 aliphatic rings. The van der Waals surface area contributed by atoms with Gasteiger partial charge in [-0.25, -0.2) is 4.79 Å². The number of hydrogen-bond donors (Lipinski definition) is 2. The van der Waals surface area contributed by atoms with Crippen LogP contribution in [-0.4, -0.2) is 24.2 Å². The highest BCUT2D eigenvalue weighted by molar-refractivity contribution is 5.86. The van der Waals surface area contributed by atoms with Gasteiger partial charge in [0.1, 0.15) is 0 Å². The lowest BCUT2D eigenvalue weighted by Crippen LogP contribution is -2.16. The van der Waals surface area contributed by atoms with Crippen LogP contribution in [0.25, 0.3) is 0 Å². The van der Waals surface area contributed by atoms with Crippen molar-refractivity contribution in [2.75, 3.05) is 13.1 Å². The van der Waals surface area contributed by atoms with Gasteiger partial charge in [0.2, 0.25) is 0 Å². The van der Waals surface area contributed by atoms with E-state index in [2.05, 4.69) is 5.32 Å². The van der Waals surface area contributed by atoms with Crippen molar-refractivity contribution in [3.05, 3.63) is 11.6 Å². The van der Waals surface area contributed by atoms with Crippen LogP contribution in [0.4, 0.5) is 0 Å². The number of aliphatic carboxylic acids is 1. The zero-order valence-corrected chi connectivity index (χ0v) is 9.46. The molecule has 0 heterocycles. The van der Waals surface area contributed by atoms with Crippen molar-refractivity contribution in [2.45, 2.75) is 39.0 Å². The summed E-state index contributed by atoms with van der Waals surface area (Å²) < 4.78 is 0. The molecule has 2 N–H and O–H groups in total. The molecule has 0 amide bonds. The fourth-order valence-corrected chi connectivity index (χ4v) is 1.60. The highest BCUT2D eigenvalue weighted by atomic mass is 16.4. The van der Waals surface area contributed by atoms with Gasteiger partial charge in [-0.1, -0.05) is 25.8 Å². The summed E-state index contributed by atoms with van der Waals surface area (Å²) in [5.41, 5.74) is 0.504. The average Bonchev–Trinajstić information content (AvgIpc) is 3.00. The van der Waals surface area contributed by atoms with Gasteiger partial charge in [-0.05, 0) is 31.7 Å². The van der Waals surface area contributed by atoms with Gasteiger partial charge in [-0.2, -0.15) is 0 Å². The van der Waals surface area contributed by atoms with E-state index in [0.29, 0.717) is 18.5 Å². The summed E-state index contributed by atoms with van der Waals surface area (Å²) in [6.07, 6.45) is 7.75. The standard InChI is InChI=1S/C12H21NO2/c1-2-11(12(14)15)7-9-13-8-3-4-10-5-6-10/h7,10,13H,2-6,8-9H2,1H3,(H,14,15). The van der Waals surface area contributed by atoms with Crippen molar-refractivity contribution >= 4 is 5.97 Å². The summed E-state index contributed by atoms with van der Waals surface area (Å²) in [5, 5.41) is 12.0. The second-order valence-corrected chi connectivity index (χ2v) is 4.18. The maximum Gasteiger partial charge on any atom is 0.331 e. The first-order valence-corrected chi connectivity index (χ1v) is 5.87. The Balaban J connectivity index is 2.00. The molecule has 0 aromatic carbocycles. The zero-order valence-electron chi connectivity index (χ0n) is 9.46. The molecular formula is C12H21NO2. The molecular weight excluding hydrogens is 190 g/mol. The van der Waals surface area contributed by atoms with Crippen molar-refractivity contribution in [2.24, 2.45) is 5.92 Å². The number of nitrogens with one attached hydrogen (secondary N) is 1. The SMILES string of the molecule is CCC(=CCNCCCC1CC1)C(=O)O. The van der Waals surface area contributed by atoms with Crippen LogP contribution in [0.2, 0.25) is 0 Å². The monoisotopic (exact) mass is 211 g/mol. The number of rotatable bonds is 8. The van der Waals surface area contributed by atoms with Gasteiger partial charge in [0.05, 0.1) is 0 Å². The molecule has 86 valence electrons. The van der Waals surface area contributed by atoms with E-state index in [9.17, 15) is 4.79 Å². The van der Waals surface area contributed by atoms with E-state index in [-0.39, 0.29) is 0 Å². The number of hydrogen-bond acceptors (Lipinski definition) is 2. The Bertz CT molecular complexity index is 232. The van der Waals surface area contributed by atoms with Crippen LogP contribution in [0.5, 0.6) is 0 Å². The minimum absolute atomic E-state index is 0.504. The number of carbonyl (C=O) groups is 1. The fraction of sp³-hybridized carbons (Fsp3) is 0.750. The minimum Gasteiger partial charge on any atom is -0.478 e. The Morgan fingerprint density at radius 3 is 2.80 bits per heavy atom. The van der Waals surface area contributed by atoms with Gasteiger partial charge in [-0.3, -0.25) is 0 Å². The van der Waals surface area contributed by atoms with E-state index in [0.717, 1.165) is 12.5 Å². The molecule has 0 unspecified atom stereocenters. The molecule has 1 saturated carbocycles. The molecule has 1 aliphatic carbocycles. The third-order valence-corrected chi connectivity index (χ3v) is 2.81. The first-order valence-electron chi connectivity index (χ1n) is 5.87. The van der Waals surface area contributed by atoms with Crippen molar-refractivity contribution in [3.8, 4) is 0 Å². The van der Waals surface area contributed by atoms with Gasteiger partial charge in [0.15, 0.2) is 0 Å². The third kappa shape index (κ3) is 5.57. The van der Waals surface area contributed by atoms with Crippen molar-refractivity contribution in [1.82, 2.24) is 5.32 Å². The van der Waals surface area contributed by atoms with Crippen LogP contribution in [-0.2, 0) is 4.79 Å². The molecule has 0 radical (unpaired) electrons. The normalized spacial score (nSPS) is 16.7. The molecule has 15 heavy (non-hydrogen) atoms. The summed E-state index contributed by atoms with van der Waals surface area (Å²) in [6.45, 7) is 3.55. The van der Waals surface area contributed by atoms with Crippen molar-refractivity contribution in [1.29, 1.82) is 0 Å². The lowest BCUT2D eigenvalue weighted by atomic mass is 10.2. The smallest absolute Gasteiger partial charge is 0.331 e. The predicted molar refractivity (Wildman–Crippen MR) is 60.8 cm³/mol. The lowest BCUT2D eigenvalue weighted by molar-refractivity contribution is -0.132. The van der Waals surface area contributed by atoms with E-state index in [1.54, 1.807) is 6.08 Å². The first-order chi connectivity index (χ1) is 7.24. The molecule has 0 spiro atoms. The molecule has 3 nitrogen and oxygen atoms in total. The van der Waals surface area contributed by atoms with Crippen LogP contribution in [0, 0.1) is 5.92 Å². The maximum atomic E-state index is 10.7. The van der Waals surface area contributed by atoms with Gasteiger partial charge >= 0.3 is 5.97 Å². The van der Waals surface area contributed by atoms with Crippen LogP contribution in [0.1, 0.15) is 39.0 Å². The average molecular weight is 211 g/mol. The van der Waals surface area contributed by atoms with E-state index < -0.39 is 5.97 Å². The maximum absolute atomic E-state index is 10.7. The van der Waals surface area contributed by atoms with Crippen LogP contribution >= 0.6 is 0 Å². The second kappa shape index (κ2) is 6.62. The Morgan fingerprint density at radius 1 is 1.53 bits per heavy atom. The van der Waals surface area contributed by atoms with Gasteiger partial charge in [0, 0.05) is 12.1 Å². The number of carboxylic acid groups (broad SMARTS) is 1. The van der Waals surface area contributed by atoms with Crippen molar-refractivity contribution < 1.29 is 9.90 Å². The molecule has 0 bridgehead atoms. The van der Waals surface area contributed by atoms with Gasteiger partial charge < -0.3 is 10.4 Å². The zero-order chi connectivity index (χ0) is 11.1. The highest BCUT2D eigenvalue weighted by Crippen LogP contribution is 2.33. The predicted octanol–water partition coefficient (Wildman–Crippen LogP) is 2.19. The quantitative estimate of drug-likeness (QED) is 0.478. The van der Waals surface area contributed by atoms with E-state index in [1.807, 2.05) is 6.92 Å². The molecule has 0 aliphatic heterocycles. The summed E-state index contributed by atoms with van der Waals surface area (Å²) in [4.78, 5) is 10.7. The first kappa shape index (κ1) is 12.2. The summed E-state index contributed by atoms with van der Waals surface area (Å²) >= 11 is 0. The molecule has 1 rings (SSSR count). The summed E-state index contributed by atoms with van der Waals surface area (Å²) in [7, 11) is 0. The number of carboxylic acids is 1. The fourth-order valence-electron chi connectivity index (χ4n) is 1.60. The van der Waals surface area contributed by atoms with Crippen LogP contribution < -0.4 is 5.32 Å². The molecule has 0 aromatic rings. The topological polar surface area (TPSA) is 49.3 Å². The molecule has 1 fully saturated rings. The van der Waals surface area contributed by atoms with Gasteiger partial charge in [-0.15, -0.1) is 0 Å². The molecule has 0 saturated heterocycles. The van der Waals surface area contributed by atoms with Crippen LogP contribution in [0.15, 0.2) is 11.6 Å². The van der Waals surface area contributed by atoms with Gasteiger partial charge in [0.25, 0.3) is 0 Å². The highest BCUT2D eigenvalue weighted by Gasteiger charge is 2.19. The Hall–Kier alpha value is -0.830. The summed E-state index contributed by atoms with van der Waals surface area (Å²) in [6, 6.07) is 0. The Morgan fingerprint density at radius 2 is 2.27 bits per heavy atom. The second-order valence-electron chi connectivity index (χ2n) is 4.18. The Kier molecular flexibility index (Phi) is 5.40. The molecule has 0 atom stereocenters. The lowest BCUT2D eigenvalue weighted by Gasteiger charge is -2.02. The Labute approximate surface area is 91.6 Å². The summed E-state index contributed by atoms with van der Waals surface area (Å²) in [5.74, 6) is 0.199. The molecule has 3 heteroatoms.